The van der Waals surface area contributed by atoms with Crippen molar-refractivity contribution in [3.63, 3.8) is 0 Å². The van der Waals surface area contributed by atoms with E-state index in [1.165, 1.54) is 32.4 Å². The van der Waals surface area contributed by atoms with E-state index in [4.69, 9.17) is 9.47 Å². The summed E-state index contributed by atoms with van der Waals surface area (Å²) in [7, 11) is 2.81. The Morgan fingerprint density at radius 1 is 1.04 bits per heavy atom. The molecule has 0 saturated carbocycles. The lowest BCUT2D eigenvalue weighted by atomic mass is 10.0. The molecular weight excluding hydrogens is 361 g/mol. The molecule has 0 aliphatic carbocycles. The van der Waals surface area contributed by atoms with E-state index < -0.39 is 23.4 Å². The van der Waals surface area contributed by atoms with Crippen LogP contribution in [0.1, 0.15) is 5.56 Å². The van der Waals surface area contributed by atoms with Crippen LogP contribution < -0.4 is 14.5 Å². The molecule has 3 rings (SSSR count). The molecule has 1 amide bonds. The maximum atomic E-state index is 13.5. The van der Waals surface area contributed by atoms with Crippen molar-refractivity contribution in [1.29, 1.82) is 0 Å². The minimum absolute atomic E-state index is 0.241. The van der Waals surface area contributed by atoms with Gasteiger partial charge >= 0.3 is 6.18 Å². The number of benzene rings is 2. The van der Waals surface area contributed by atoms with Gasteiger partial charge in [-0.05, 0) is 36.4 Å². The molecule has 2 aromatic carbocycles. The molecule has 0 spiro atoms. The largest absolute Gasteiger partial charge is 0.497 e. The summed E-state index contributed by atoms with van der Waals surface area (Å²) in [4.78, 5) is 12.7. The second-order valence-corrected chi connectivity index (χ2v) is 5.56. The minimum Gasteiger partial charge on any atom is -0.497 e. The maximum Gasteiger partial charge on any atom is 0.435 e. The molecule has 0 atom stereocenters. The predicted molar refractivity (Wildman–Crippen MR) is 94.9 cm³/mol. The minimum atomic E-state index is -4.79. The fourth-order valence-electron chi connectivity index (χ4n) is 2.61. The summed E-state index contributed by atoms with van der Waals surface area (Å²) in [6, 6.07) is 12.6. The van der Waals surface area contributed by atoms with Crippen LogP contribution in [-0.2, 0) is 4.79 Å². The topological polar surface area (TPSA) is 51.1 Å². The Hall–Kier alpha value is -3.29. The number of methoxy groups -OCH3 is 2. The van der Waals surface area contributed by atoms with Crippen molar-refractivity contribution in [2.75, 3.05) is 19.2 Å². The lowest BCUT2D eigenvalue weighted by molar-refractivity contribution is -0.114. The number of halogens is 3. The first-order chi connectivity index (χ1) is 12.8. The number of carbonyl (C=O) groups is 1. The summed E-state index contributed by atoms with van der Waals surface area (Å²) in [6.45, 7) is 0. The van der Waals surface area contributed by atoms with E-state index in [9.17, 15) is 18.0 Å². The van der Waals surface area contributed by atoms with Crippen molar-refractivity contribution in [2.24, 2.45) is 5.10 Å². The van der Waals surface area contributed by atoms with Crippen LogP contribution in [0.4, 0.5) is 18.9 Å². The Kier molecular flexibility index (Phi) is 4.89. The van der Waals surface area contributed by atoms with Gasteiger partial charge in [0.05, 0.1) is 25.5 Å². The van der Waals surface area contributed by atoms with Gasteiger partial charge in [0, 0.05) is 5.56 Å². The Morgan fingerprint density at radius 3 is 2.33 bits per heavy atom. The van der Waals surface area contributed by atoms with Gasteiger partial charge in [0.25, 0.3) is 5.91 Å². The van der Waals surface area contributed by atoms with Crippen molar-refractivity contribution in [1.82, 2.24) is 0 Å². The van der Waals surface area contributed by atoms with Crippen LogP contribution in [0.25, 0.3) is 6.08 Å². The van der Waals surface area contributed by atoms with Crippen LogP contribution in [0, 0.1) is 0 Å². The number of hydrogen-bond acceptors (Lipinski definition) is 4. The van der Waals surface area contributed by atoms with Crippen LogP contribution in [0.3, 0.4) is 0 Å². The molecule has 0 unspecified atom stereocenters. The molecule has 2 aromatic rings. The van der Waals surface area contributed by atoms with Crippen LogP contribution in [0.5, 0.6) is 11.5 Å². The fourth-order valence-corrected chi connectivity index (χ4v) is 2.61. The average Bonchev–Trinajstić information content (AvgIpc) is 2.99. The zero-order chi connectivity index (χ0) is 19.6. The molecule has 0 aromatic heterocycles. The molecule has 0 bridgehead atoms. The highest BCUT2D eigenvalue weighted by atomic mass is 19.4. The highest BCUT2D eigenvalue weighted by Crippen LogP contribution is 2.34. The predicted octanol–water partition coefficient (Wildman–Crippen LogP) is 4.05. The second kappa shape index (κ2) is 7.14. The molecule has 1 aliphatic heterocycles. The summed E-state index contributed by atoms with van der Waals surface area (Å²) in [5, 5.41) is 4.26. The fraction of sp³-hybridized carbons (Fsp3) is 0.158. The van der Waals surface area contributed by atoms with Gasteiger partial charge in [-0.3, -0.25) is 4.79 Å². The molecule has 0 radical (unpaired) electrons. The zero-order valence-corrected chi connectivity index (χ0v) is 14.4. The van der Waals surface area contributed by atoms with Gasteiger partial charge in [-0.15, -0.1) is 0 Å². The van der Waals surface area contributed by atoms with Crippen LogP contribution in [0.2, 0.25) is 0 Å². The molecule has 0 saturated heterocycles. The number of hydrazone groups is 1. The summed E-state index contributed by atoms with van der Waals surface area (Å²) in [5.41, 5.74) is -1.32. The third kappa shape index (κ3) is 3.64. The van der Waals surface area contributed by atoms with Gasteiger partial charge in [0.15, 0.2) is 5.71 Å². The van der Waals surface area contributed by atoms with Crippen LogP contribution in [0.15, 0.2) is 59.2 Å². The number of para-hydroxylation sites is 1. The Balaban J connectivity index is 2.12. The van der Waals surface area contributed by atoms with Gasteiger partial charge in [0.1, 0.15) is 11.5 Å². The number of rotatable bonds is 4. The highest BCUT2D eigenvalue weighted by Gasteiger charge is 2.46. The van der Waals surface area contributed by atoms with Crippen molar-refractivity contribution in [2.45, 2.75) is 6.18 Å². The van der Waals surface area contributed by atoms with Crippen LogP contribution >= 0.6 is 0 Å². The number of nitrogens with zero attached hydrogens (tertiary/aromatic N) is 2. The first kappa shape index (κ1) is 18.5. The Morgan fingerprint density at radius 2 is 1.74 bits per heavy atom. The van der Waals surface area contributed by atoms with Gasteiger partial charge in [-0.1, -0.05) is 18.2 Å². The third-order valence-electron chi connectivity index (χ3n) is 3.88. The Labute approximate surface area is 153 Å². The first-order valence-corrected chi connectivity index (χ1v) is 7.84. The van der Waals surface area contributed by atoms with E-state index in [1.54, 1.807) is 30.3 Å². The molecule has 1 aliphatic rings. The average molecular weight is 376 g/mol. The smallest absolute Gasteiger partial charge is 0.435 e. The molecule has 5 nitrogen and oxygen atoms in total. The monoisotopic (exact) mass is 376 g/mol. The lowest BCUT2D eigenvalue weighted by Crippen LogP contribution is -2.25. The van der Waals surface area contributed by atoms with Gasteiger partial charge < -0.3 is 9.47 Å². The number of anilines is 1. The molecule has 27 heavy (non-hydrogen) atoms. The SMILES string of the molecule is COc1ccc(OC)c(/C=C2\C(=O)N(c3ccccc3)N=C2C(F)(F)F)c1. The standard InChI is InChI=1S/C19H15F3N2O3/c1-26-14-8-9-16(27-2)12(10-14)11-15-17(19(20,21)22)23-24(18(15)25)13-6-4-3-5-7-13/h3-11H,1-2H3/b15-11-. The number of ether oxygens (including phenoxy) is 2. The normalized spacial score (nSPS) is 15.9. The summed E-state index contributed by atoms with van der Waals surface area (Å²) >= 11 is 0. The van der Waals surface area contributed by atoms with E-state index in [0.29, 0.717) is 11.5 Å². The second-order valence-electron chi connectivity index (χ2n) is 5.56. The highest BCUT2D eigenvalue weighted by molar-refractivity contribution is 6.34. The molecule has 140 valence electrons. The number of amides is 1. The van der Waals surface area contributed by atoms with E-state index >= 15 is 0 Å². The molecule has 0 fully saturated rings. The van der Waals surface area contributed by atoms with Crippen LogP contribution in [-0.4, -0.2) is 32.0 Å². The molecule has 1 heterocycles. The van der Waals surface area contributed by atoms with Crippen molar-refractivity contribution in [3.8, 4) is 11.5 Å². The van der Waals surface area contributed by atoms with E-state index in [1.807, 2.05) is 0 Å². The van der Waals surface area contributed by atoms with Crippen molar-refractivity contribution in [3.05, 3.63) is 59.7 Å². The Bertz CT molecular complexity index is 922. The van der Waals surface area contributed by atoms with Gasteiger partial charge in [-0.25, -0.2) is 0 Å². The van der Waals surface area contributed by atoms with E-state index in [0.717, 1.165) is 11.1 Å². The molecule has 0 N–H and O–H groups in total. The summed E-state index contributed by atoms with van der Waals surface area (Å²) in [5.74, 6) is -0.160. The van der Waals surface area contributed by atoms with Gasteiger partial charge in [0.2, 0.25) is 0 Å². The maximum absolute atomic E-state index is 13.5. The van der Waals surface area contributed by atoms with E-state index in [-0.39, 0.29) is 11.3 Å². The van der Waals surface area contributed by atoms with Gasteiger partial charge in [-0.2, -0.15) is 23.3 Å². The molecular formula is C19H15F3N2O3. The zero-order valence-electron chi connectivity index (χ0n) is 14.4. The van der Waals surface area contributed by atoms with E-state index in [2.05, 4.69) is 5.10 Å². The lowest BCUT2D eigenvalue weighted by Gasteiger charge is -2.11. The van der Waals surface area contributed by atoms with Crippen molar-refractivity contribution >= 4 is 23.4 Å². The third-order valence-corrected chi connectivity index (χ3v) is 3.88. The first-order valence-electron chi connectivity index (χ1n) is 7.84. The number of hydrogen-bond donors (Lipinski definition) is 0. The summed E-state index contributed by atoms with van der Waals surface area (Å²) in [6.07, 6.45) is -3.68. The quantitative estimate of drug-likeness (QED) is 0.757. The summed E-state index contributed by atoms with van der Waals surface area (Å²) < 4.78 is 50.8. The van der Waals surface area contributed by atoms with Crippen molar-refractivity contribution < 1.29 is 27.4 Å². The number of carbonyl (C=O) groups excluding carboxylic acids is 1. The number of alkyl halides is 3. The molecule has 8 heteroatoms.